The molecular weight excluding hydrogens is 278 g/mol. The number of hydrogen-bond donors (Lipinski definition) is 1. The fraction of sp³-hybridized carbons (Fsp3) is 0.353. The van der Waals surface area contributed by atoms with Crippen LogP contribution in [0.1, 0.15) is 36.7 Å². The van der Waals surface area contributed by atoms with Crippen molar-refractivity contribution in [2.45, 2.75) is 33.1 Å². The number of thiazole rings is 1. The van der Waals surface area contributed by atoms with Gasteiger partial charge in [-0.05, 0) is 24.9 Å². The summed E-state index contributed by atoms with van der Waals surface area (Å²) in [6.45, 7) is 7.23. The molecule has 2 N–H and O–H groups in total. The Kier molecular flexibility index (Phi) is 3.83. The quantitative estimate of drug-likeness (QED) is 0.791. The van der Waals surface area contributed by atoms with Crippen LogP contribution in [0, 0.1) is 6.92 Å². The van der Waals surface area contributed by atoms with Crippen LogP contribution < -0.4 is 5.73 Å². The fourth-order valence-electron chi connectivity index (χ4n) is 2.68. The molecule has 0 radical (unpaired) electrons. The molecule has 0 spiro atoms. The van der Waals surface area contributed by atoms with E-state index in [4.69, 9.17) is 10.7 Å². The molecule has 0 aliphatic carbocycles. The number of benzene rings is 1. The number of nitrogens with two attached hydrogens (primary N) is 1. The summed E-state index contributed by atoms with van der Waals surface area (Å²) >= 11 is 1.69. The van der Waals surface area contributed by atoms with Crippen LogP contribution >= 0.6 is 11.3 Å². The predicted molar refractivity (Wildman–Crippen MR) is 90.1 cm³/mol. The van der Waals surface area contributed by atoms with E-state index in [1.165, 1.54) is 22.5 Å². The van der Waals surface area contributed by atoms with E-state index in [9.17, 15) is 0 Å². The number of fused-ring (bicyclic) bond motifs is 1. The standard InChI is InChI=1S/C17H21N3S/c1-11(2)13-4-6-14(7-5-13)16-12(3)20-15(8-9-18)10-21-17(20)19-16/h4-7,10-11H,8-9,18H2,1-3H3. The smallest absolute Gasteiger partial charge is 0.194 e. The van der Waals surface area contributed by atoms with Crippen molar-refractivity contribution in [3.05, 3.63) is 46.6 Å². The number of hydrogen-bond acceptors (Lipinski definition) is 3. The highest BCUT2D eigenvalue weighted by Gasteiger charge is 2.14. The summed E-state index contributed by atoms with van der Waals surface area (Å²) in [6.07, 6.45) is 0.892. The second-order valence-corrected chi connectivity index (χ2v) is 6.54. The number of rotatable bonds is 4. The van der Waals surface area contributed by atoms with Crippen LogP contribution in [0.2, 0.25) is 0 Å². The van der Waals surface area contributed by atoms with E-state index in [1.807, 2.05) is 0 Å². The van der Waals surface area contributed by atoms with E-state index in [2.05, 4.69) is 54.8 Å². The number of aryl methyl sites for hydroxylation is 1. The molecule has 0 aliphatic rings. The van der Waals surface area contributed by atoms with Gasteiger partial charge in [0.1, 0.15) is 0 Å². The van der Waals surface area contributed by atoms with Crippen LogP contribution in [-0.2, 0) is 6.42 Å². The molecule has 4 heteroatoms. The maximum Gasteiger partial charge on any atom is 0.194 e. The molecule has 1 aromatic carbocycles. The largest absolute Gasteiger partial charge is 0.330 e. The monoisotopic (exact) mass is 299 g/mol. The van der Waals surface area contributed by atoms with Gasteiger partial charge in [0, 0.05) is 28.8 Å². The Balaban J connectivity index is 2.06. The highest BCUT2D eigenvalue weighted by atomic mass is 32.1. The summed E-state index contributed by atoms with van der Waals surface area (Å²) in [6, 6.07) is 8.76. The van der Waals surface area contributed by atoms with E-state index in [-0.39, 0.29) is 0 Å². The van der Waals surface area contributed by atoms with E-state index in [1.54, 1.807) is 11.3 Å². The van der Waals surface area contributed by atoms with E-state index in [0.29, 0.717) is 12.5 Å². The zero-order valence-electron chi connectivity index (χ0n) is 12.8. The lowest BCUT2D eigenvalue weighted by Crippen LogP contribution is -2.05. The maximum atomic E-state index is 5.69. The first-order valence-electron chi connectivity index (χ1n) is 7.37. The van der Waals surface area contributed by atoms with Crippen molar-refractivity contribution in [3.63, 3.8) is 0 Å². The molecule has 0 atom stereocenters. The van der Waals surface area contributed by atoms with Crippen LogP contribution in [0.5, 0.6) is 0 Å². The summed E-state index contributed by atoms with van der Waals surface area (Å²) in [5.41, 5.74) is 11.8. The van der Waals surface area contributed by atoms with Gasteiger partial charge < -0.3 is 5.73 Å². The Morgan fingerprint density at radius 3 is 2.57 bits per heavy atom. The topological polar surface area (TPSA) is 43.3 Å². The zero-order chi connectivity index (χ0) is 15.0. The van der Waals surface area contributed by atoms with Gasteiger partial charge in [0.25, 0.3) is 0 Å². The second kappa shape index (κ2) is 5.62. The second-order valence-electron chi connectivity index (χ2n) is 5.71. The molecular formula is C17H21N3S. The van der Waals surface area contributed by atoms with Gasteiger partial charge in [0.15, 0.2) is 4.96 Å². The lowest BCUT2D eigenvalue weighted by Gasteiger charge is -2.06. The van der Waals surface area contributed by atoms with Crippen molar-refractivity contribution < 1.29 is 0 Å². The Bertz CT molecular complexity index is 750. The SMILES string of the molecule is Cc1c(-c2ccc(C(C)C)cc2)nc2scc(CCN)n12. The van der Waals surface area contributed by atoms with Gasteiger partial charge in [-0.2, -0.15) is 0 Å². The molecule has 0 saturated heterocycles. The average molecular weight is 299 g/mol. The summed E-state index contributed by atoms with van der Waals surface area (Å²) in [5.74, 6) is 0.557. The first-order chi connectivity index (χ1) is 10.1. The lowest BCUT2D eigenvalue weighted by atomic mass is 10.0. The highest BCUT2D eigenvalue weighted by Crippen LogP contribution is 2.29. The molecule has 2 heterocycles. The van der Waals surface area contributed by atoms with Crippen molar-refractivity contribution in [3.8, 4) is 11.3 Å². The summed E-state index contributed by atoms with van der Waals surface area (Å²) in [5, 5.41) is 2.16. The molecule has 0 unspecified atom stereocenters. The Morgan fingerprint density at radius 2 is 1.95 bits per heavy atom. The van der Waals surface area contributed by atoms with Crippen molar-refractivity contribution in [1.29, 1.82) is 0 Å². The van der Waals surface area contributed by atoms with E-state index >= 15 is 0 Å². The van der Waals surface area contributed by atoms with Crippen molar-refractivity contribution in [1.82, 2.24) is 9.38 Å². The van der Waals surface area contributed by atoms with Crippen LogP contribution in [0.15, 0.2) is 29.6 Å². The van der Waals surface area contributed by atoms with Gasteiger partial charge in [-0.3, -0.25) is 4.40 Å². The van der Waals surface area contributed by atoms with Gasteiger partial charge in [-0.15, -0.1) is 11.3 Å². The zero-order valence-corrected chi connectivity index (χ0v) is 13.6. The predicted octanol–water partition coefficient (Wildman–Crippen LogP) is 4.00. The van der Waals surface area contributed by atoms with Crippen LogP contribution in [0.4, 0.5) is 0 Å². The number of aromatic nitrogens is 2. The van der Waals surface area contributed by atoms with Crippen molar-refractivity contribution in [2.75, 3.05) is 6.54 Å². The molecule has 3 nitrogen and oxygen atoms in total. The van der Waals surface area contributed by atoms with Gasteiger partial charge in [0.2, 0.25) is 0 Å². The van der Waals surface area contributed by atoms with E-state index < -0.39 is 0 Å². The third-order valence-electron chi connectivity index (χ3n) is 3.92. The molecule has 2 aromatic heterocycles. The number of nitrogens with zero attached hydrogens (tertiary/aromatic N) is 2. The summed E-state index contributed by atoms with van der Waals surface area (Å²) < 4.78 is 2.24. The minimum atomic E-state index is 0.557. The molecule has 0 amide bonds. The number of imidazole rings is 1. The molecule has 3 rings (SSSR count). The van der Waals surface area contributed by atoms with Crippen molar-refractivity contribution in [2.24, 2.45) is 5.73 Å². The highest BCUT2D eigenvalue weighted by molar-refractivity contribution is 7.15. The first-order valence-corrected chi connectivity index (χ1v) is 8.25. The van der Waals surface area contributed by atoms with Crippen LogP contribution in [0.3, 0.4) is 0 Å². The lowest BCUT2D eigenvalue weighted by molar-refractivity contribution is 0.867. The van der Waals surface area contributed by atoms with Crippen LogP contribution in [-0.4, -0.2) is 15.9 Å². The summed E-state index contributed by atoms with van der Waals surface area (Å²) in [7, 11) is 0. The minimum absolute atomic E-state index is 0.557. The maximum absolute atomic E-state index is 5.69. The molecule has 3 aromatic rings. The minimum Gasteiger partial charge on any atom is -0.330 e. The molecule has 0 bridgehead atoms. The first kappa shape index (κ1) is 14.3. The Labute approximate surface area is 129 Å². The Hall–Kier alpha value is -1.65. The van der Waals surface area contributed by atoms with E-state index in [0.717, 1.165) is 17.1 Å². The Morgan fingerprint density at radius 1 is 1.24 bits per heavy atom. The third-order valence-corrected chi connectivity index (χ3v) is 4.79. The third kappa shape index (κ3) is 2.49. The summed E-state index contributed by atoms with van der Waals surface area (Å²) in [4.78, 5) is 5.86. The molecule has 0 aliphatic heterocycles. The molecule has 21 heavy (non-hydrogen) atoms. The average Bonchev–Trinajstić information content (AvgIpc) is 3.01. The van der Waals surface area contributed by atoms with Gasteiger partial charge in [0.05, 0.1) is 5.69 Å². The fourth-order valence-corrected chi connectivity index (χ4v) is 3.65. The van der Waals surface area contributed by atoms with Gasteiger partial charge >= 0.3 is 0 Å². The molecule has 0 saturated carbocycles. The molecule has 110 valence electrons. The van der Waals surface area contributed by atoms with Gasteiger partial charge in [-0.25, -0.2) is 4.98 Å². The normalized spacial score (nSPS) is 11.7. The molecule has 0 fully saturated rings. The van der Waals surface area contributed by atoms with Crippen LogP contribution in [0.25, 0.3) is 16.2 Å². The van der Waals surface area contributed by atoms with Crippen molar-refractivity contribution >= 4 is 16.3 Å². The van der Waals surface area contributed by atoms with Gasteiger partial charge in [-0.1, -0.05) is 38.1 Å².